The molecule has 266 valence electrons. The molecule has 0 N–H and O–H groups in total. The van der Waals surface area contributed by atoms with E-state index in [2.05, 4.69) is 76.2 Å². The number of aryl methyl sites for hydroxylation is 1. The molecule has 0 amide bonds. The second-order valence-electron chi connectivity index (χ2n) is 13.0. The number of nitrogens with zero attached hydrogens (tertiary/aromatic N) is 2. The molecule has 0 unspecified atom stereocenters. The molecule has 0 aliphatic carbocycles. The fourth-order valence-electron chi connectivity index (χ4n) is 6.43. The summed E-state index contributed by atoms with van der Waals surface area (Å²) in [5.74, 6) is -0.175. The third kappa shape index (κ3) is 13.5. The van der Waals surface area contributed by atoms with Gasteiger partial charge in [0, 0.05) is 0 Å². The third-order valence-electron chi connectivity index (χ3n) is 9.23. The molecule has 0 saturated carbocycles. The van der Waals surface area contributed by atoms with Gasteiger partial charge in [0.1, 0.15) is 0 Å². The van der Waals surface area contributed by atoms with Gasteiger partial charge in [0.2, 0.25) is 0 Å². The number of rotatable bonds is 24. The number of fused-ring (bicyclic) bond motifs is 2. The molecule has 0 spiro atoms. The van der Waals surface area contributed by atoms with Crippen LogP contribution in [0, 0.1) is 0 Å². The molecular weight excluding hydrogens is 742 g/mol. The Hall–Kier alpha value is -2.63. The standard InChI is InChI=1S/C41H57N2O4Se2/c1-46-40(44)30-15-11-7-3-5-9-13-21-32-42-34-24-17-19-26-36(34)48-38(42)28-23-29-39-43(35-25-18-20-27-37(35)49-39)33-22-14-10-6-4-8-12-16-31-41(45)47-2/h17-20,23-29H,3-16,21-22,30-33H2,1-2H3/q+1. The first kappa shape index (κ1) is 39.2. The van der Waals surface area contributed by atoms with Crippen LogP contribution in [0.4, 0.5) is 5.69 Å². The van der Waals surface area contributed by atoms with Crippen molar-refractivity contribution < 1.29 is 23.6 Å². The van der Waals surface area contributed by atoms with Crippen molar-refractivity contribution in [2.24, 2.45) is 0 Å². The summed E-state index contributed by atoms with van der Waals surface area (Å²) >= 11 is 0.668. The predicted octanol–water partition coefficient (Wildman–Crippen LogP) is 8.26. The van der Waals surface area contributed by atoms with Crippen LogP contribution in [-0.2, 0) is 25.6 Å². The zero-order chi connectivity index (χ0) is 34.5. The maximum absolute atomic E-state index is 11.3. The number of allylic oxidation sites excluding steroid dienone is 2. The van der Waals surface area contributed by atoms with E-state index in [1.54, 1.807) is 0 Å². The molecule has 4 rings (SSSR count). The van der Waals surface area contributed by atoms with Gasteiger partial charge in [0.25, 0.3) is 0 Å². The monoisotopic (exact) mass is 801 g/mol. The van der Waals surface area contributed by atoms with Gasteiger partial charge in [0.05, 0.1) is 14.2 Å². The second-order valence-corrected chi connectivity index (χ2v) is 17.4. The summed E-state index contributed by atoms with van der Waals surface area (Å²) in [6.07, 6.45) is 27.4. The summed E-state index contributed by atoms with van der Waals surface area (Å²) in [7, 11) is 2.94. The summed E-state index contributed by atoms with van der Waals surface area (Å²) in [6, 6.07) is 18.0. The van der Waals surface area contributed by atoms with Crippen LogP contribution in [0.25, 0.3) is 15.9 Å². The fourth-order valence-corrected chi connectivity index (χ4v) is 11.1. The van der Waals surface area contributed by atoms with Crippen LogP contribution >= 0.6 is 0 Å². The van der Waals surface area contributed by atoms with Crippen molar-refractivity contribution in [3.8, 4) is 0 Å². The summed E-state index contributed by atoms with van der Waals surface area (Å²) in [5.41, 5.74) is 2.81. The Labute approximate surface area is 307 Å². The average Bonchev–Trinajstić information content (AvgIpc) is 3.66. The molecule has 2 heterocycles. The summed E-state index contributed by atoms with van der Waals surface area (Å²) < 4.78 is 18.0. The summed E-state index contributed by atoms with van der Waals surface area (Å²) in [6.45, 7) is 2.17. The number of methoxy groups -OCH3 is 2. The Morgan fingerprint density at radius 1 is 0.694 bits per heavy atom. The van der Waals surface area contributed by atoms with Crippen molar-refractivity contribution in [2.45, 2.75) is 122 Å². The Balaban J connectivity index is 1.24. The Morgan fingerprint density at radius 3 is 1.90 bits per heavy atom. The molecular formula is C41H57N2O4Se2+. The molecule has 0 bridgehead atoms. The molecule has 3 aromatic rings. The Kier molecular flexibility index (Phi) is 18.3. The minimum absolute atomic E-state index is 0.0877. The van der Waals surface area contributed by atoms with Crippen LogP contribution in [0.3, 0.4) is 0 Å². The SMILES string of the molecule is COC(=O)CCCCCCCCCCN1/C(=C/C=C/c2[se]c3ccccc3[n+]2CCCCCCCCCCC(=O)OC)[Se]c2ccccc21. The van der Waals surface area contributed by atoms with Gasteiger partial charge in [-0.05, 0) is 0 Å². The maximum atomic E-state index is 11.3. The van der Waals surface area contributed by atoms with Crippen LogP contribution in [0.1, 0.15) is 120 Å². The number of ether oxygens (including phenoxy) is 2. The molecule has 0 saturated heterocycles. The first-order valence-corrected chi connectivity index (χ1v) is 22.0. The zero-order valence-corrected chi connectivity index (χ0v) is 33.3. The van der Waals surface area contributed by atoms with E-state index >= 15 is 0 Å². The molecule has 49 heavy (non-hydrogen) atoms. The number of hydrogen-bond acceptors (Lipinski definition) is 5. The summed E-state index contributed by atoms with van der Waals surface area (Å²) in [5, 5.41) is 0. The second kappa shape index (κ2) is 23.0. The molecule has 0 atom stereocenters. The molecule has 1 aromatic heterocycles. The number of aromatic nitrogens is 1. The van der Waals surface area contributed by atoms with Crippen LogP contribution in [0.5, 0.6) is 0 Å². The predicted molar refractivity (Wildman–Crippen MR) is 205 cm³/mol. The van der Waals surface area contributed by atoms with Crippen molar-refractivity contribution >= 4 is 67.4 Å². The van der Waals surface area contributed by atoms with Crippen LogP contribution in [0.15, 0.2) is 65.3 Å². The van der Waals surface area contributed by atoms with Gasteiger partial charge < -0.3 is 9.47 Å². The Morgan fingerprint density at radius 2 is 1.24 bits per heavy atom. The summed E-state index contributed by atoms with van der Waals surface area (Å²) in [4.78, 5) is 25.1. The van der Waals surface area contributed by atoms with Gasteiger partial charge in [-0.2, -0.15) is 0 Å². The van der Waals surface area contributed by atoms with Crippen molar-refractivity contribution in [3.63, 3.8) is 0 Å². The van der Waals surface area contributed by atoms with E-state index < -0.39 is 0 Å². The van der Waals surface area contributed by atoms with Crippen molar-refractivity contribution in [1.82, 2.24) is 0 Å². The van der Waals surface area contributed by atoms with E-state index in [0.29, 0.717) is 42.3 Å². The van der Waals surface area contributed by atoms with Crippen LogP contribution in [-0.4, -0.2) is 62.2 Å². The molecule has 1 aliphatic heterocycles. The number of esters is 2. The number of carbonyl (C=O) groups is 2. The van der Waals surface area contributed by atoms with E-state index in [4.69, 9.17) is 9.47 Å². The number of para-hydroxylation sites is 2. The number of carbonyl (C=O) groups excluding carboxylic acids is 2. The van der Waals surface area contributed by atoms with Gasteiger partial charge in [-0.15, -0.1) is 0 Å². The van der Waals surface area contributed by atoms with Gasteiger partial charge in [0.15, 0.2) is 0 Å². The topological polar surface area (TPSA) is 59.7 Å². The molecule has 8 heteroatoms. The number of hydrogen-bond donors (Lipinski definition) is 0. The third-order valence-corrected chi connectivity index (χ3v) is 14.0. The van der Waals surface area contributed by atoms with E-state index in [0.717, 1.165) is 38.8 Å². The van der Waals surface area contributed by atoms with Crippen molar-refractivity contribution in [3.05, 3.63) is 69.8 Å². The van der Waals surface area contributed by atoms with Gasteiger partial charge in [-0.3, -0.25) is 9.59 Å². The van der Waals surface area contributed by atoms with Gasteiger partial charge >= 0.3 is 275 Å². The van der Waals surface area contributed by atoms with Crippen LogP contribution in [0.2, 0.25) is 0 Å². The molecule has 1 aliphatic rings. The number of anilines is 1. The van der Waals surface area contributed by atoms with E-state index in [9.17, 15) is 9.59 Å². The van der Waals surface area contributed by atoms with Gasteiger partial charge in [-0.1, -0.05) is 0 Å². The van der Waals surface area contributed by atoms with E-state index in [1.807, 2.05) is 0 Å². The van der Waals surface area contributed by atoms with Crippen molar-refractivity contribution in [2.75, 3.05) is 25.7 Å². The van der Waals surface area contributed by atoms with E-state index in [-0.39, 0.29) is 11.9 Å². The molecule has 0 radical (unpaired) electrons. The van der Waals surface area contributed by atoms with Crippen LogP contribution < -0.4 is 13.9 Å². The van der Waals surface area contributed by atoms with E-state index in [1.165, 1.54) is 120 Å². The zero-order valence-electron chi connectivity index (χ0n) is 29.8. The quantitative estimate of drug-likeness (QED) is 0.0396. The first-order chi connectivity index (χ1) is 24.1. The first-order valence-electron chi connectivity index (χ1n) is 18.6. The number of unbranched alkanes of at least 4 members (excludes halogenated alkanes) is 14. The normalized spacial score (nSPS) is 13.5. The molecule has 6 nitrogen and oxygen atoms in total. The average molecular weight is 800 g/mol. The van der Waals surface area contributed by atoms with Gasteiger partial charge in [-0.25, -0.2) is 0 Å². The molecule has 2 aromatic carbocycles. The minimum atomic E-state index is -0.0877. The Bertz CT molecular complexity index is 1500. The fraction of sp³-hybridized carbons (Fsp3) is 0.537. The number of benzene rings is 2. The molecule has 0 fully saturated rings. The van der Waals surface area contributed by atoms with Crippen molar-refractivity contribution in [1.29, 1.82) is 0 Å².